The Bertz CT molecular complexity index is 171. The van der Waals surface area contributed by atoms with E-state index in [2.05, 4.69) is 13.0 Å². The summed E-state index contributed by atoms with van der Waals surface area (Å²) in [5.41, 5.74) is 1.03. The molecule has 0 unspecified atom stereocenters. The molecule has 0 heterocycles. The Morgan fingerprint density at radius 2 is 2.00 bits per heavy atom. The molecule has 0 saturated carbocycles. The Morgan fingerprint density at radius 1 is 1.46 bits per heavy atom. The largest absolute Gasteiger partial charge is 0.396 e. The zero-order valence-electron chi connectivity index (χ0n) is 9.17. The van der Waals surface area contributed by atoms with Crippen molar-refractivity contribution in [3.05, 3.63) is 11.6 Å². The number of allylic oxidation sites excluding steroid dienone is 1. The van der Waals surface area contributed by atoms with Crippen LogP contribution >= 0.6 is 0 Å². The van der Waals surface area contributed by atoms with Crippen molar-refractivity contribution in [1.82, 2.24) is 0 Å². The van der Waals surface area contributed by atoms with Gasteiger partial charge in [-0.2, -0.15) is 0 Å². The zero-order chi connectivity index (χ0) is 10.5. The molecule has 0 rings (SSSR count). The average Bonchev–Trinajstić information content (AvgIpc) is 2.06. The van der Waals surface area contributed by atoms with Gasteiger partial charge in [-0.25, -0.2) is 0 Å². The summed E-state index contributed by atoms with van der Waals surface area (Å²) in [4.78, 5) is 0. The van der Waals surface area contributed by atoms with E-state index in [0.29, 0.717) is 6.42 Å². The van der Waals surface area contributed by atoms with Crippen molar-refractivity contribution in [2.45, 2.75) is 46.6 Å². The summed E-state index contributed by atoms with van der Waals surface area (Å²) in [5.74, 6) is 0. The lowest BCUT2D eigenvalue weighted by molar-refractivity contribution is 0.0488. The standard InChI is InChI=1S/C11H22O2/c1-5-9(6-2)11(3,4)10(13)7-8-12/h5,10,12-13H,6-8H2,1-4H3/t10-/m0/s1. The predicted octanol–water partition coefficient (Wildman–Crippen LogP) is 2.11. The lowest BCUT2D eigenvalue weighted by Crippen LogP contribution is -2.32. The SMILES string of the molecule is CC=C(CC)C(C)(C)[C@@H](O)CCO. The van der Waals surface area contributed by atoms with Gasteiger partial charge in [0.25, 0.3) is 0 Å². The molecule has 78 valence electrons. The first-order valence-corrected chi connectivity index (χ1v) is 4.95. The van der Waals surface area contributed by atoms with Crippen LogP contribution < -0.4 is 0 Å². The lowest BCUT2D eigenvalue weighted by atomic mass is 9.76. The normalized spacial score (nSPS) is 16.0. The summed E-state index contributed by atoms with van der Waals surface area (Å²) >= 11 is 0. The summed E-state index contributed by atoms with van der Waals surface area (Å²) in [6, 6.07) is 0. The molecule has 2 nitrogen and oxygen atoms in total. The molecule has 0 saturated heterocycles. The van der Waals surface area contributed by atoms with Crippen LogP contribution in [0, 0.1) is 5.41 Å². The highest BCUT2D eigenvalue weighted by molar-refractivity contribution is 5.12. The highest BCUT2D eigenvalue weighted by Crippen LogP contribution is 2.33. The molecule has 2 heteroatoms. The molecule has 0 aromatic carbocycles. The Kier molecular flexibility index (Phi) is 5.26. The second-order valence-corrected chi connectivity index (χ2v) is 3.92. The van der Waals surface area contributed by atoms with Gasteiger partial charge >= 0.3 is 0 Å². The number of hydrogen-bond donors (Lipinski definition) is 2. The molecule has 0 spiro atoms. The fourth-order valence-electron chi connectivity index (χ4n) is 1.73. The maximum atomic E-state index is 9.81. The molecule has 2 N–H and O–H groups in total. The van der Waals surface area contributed by atoms with Crippen LogP contribution in [0.2, 0.25) is 0 Å². The van der Waals surface area contributed by atoms with E-state index in [0.717, 1.165) is 6.42 Å². The quantitative estimate of drug-likeness (QED) is 0.646. The second-order valence-electron chi connectivity index (χ2n) is 3.92. The molecular weight excluding hydrogens is 164 g/mol. The van der Waals surface area contributed by atoms with Crippen LogP contribution in [0.3, 0.4) is 0 Å². The van der Waals surface area contributed by atoms with Crippen LogP contribution in [0.25, 0.3) is 0 Å². The molecule has 0 fully saturated rings. The molecule has 0 radical (unpaired) electrons. The van der Waals surface area contributed by atoms with E-state index in [-0.39, 0.29) is 12.0 Å². The molecule has 0 amide bonds. The Hall–Kier alpha value is -0.340. The predicted molar refractivity (Wildman–Crippen MR) is 55.5 cm³/mol. The fraction of sp³-hybridized carbons (Fsp3) is 0.818. The maximum absolute atomic E-state index is 9.81. The van der Waals surface area contributed by atoms with Crippen molar-refractivity contribution in [2.24, 2.45) is 5.41 Å². The Morgan fingerprint density at radius 3 is 2.31 bits per heavy atom. The molecule has 0 bridgehead atoms. The molecule has 0 aliphatic rings. The van der Waals surface area contributed by atoms with Crippen LogP contribution in [0.5, 0.6) is 0 Å². The van der Waals surface area contributed by atoms with Crippen LogP contribution in [-0.4, -0.2) is 22.9 Å². The van der Waals surface area contributed by atoms with E-state index in [1.165, 1.54) is 5.57 Å². The molecule has 0 aliphatic carbocycles. The molecular formula is C11H22O2. The van der Waals surface area contributed by atoms with Gasteiger partial charge in [-0.05, 0) is 19.8 Å². The highest BCUT2D eigenvalue weighted by atomic mass is 16.3. The Labute approximate surface area is 81.3 Å². The monoisotopic (exact) mass is 186 g/mol. The summed E-state index contributed by atoms with van der Waals surface area (Å²) < 4.78 is 0. The number of aliphatic hydroxyl groups is 2. The van der Waals surface area contributed by atoms with Crippen molar-refractivity contribution in [2.75, 3.05) is 6.61 Å². The smallest absolute Gasteiger partial charge is 0.0650 e. The van der Waals surface area contributed by atoms with Gasteiger partial charge in [-0.1, -0.05) is 32.4 Å². The lowest BCUT2D eigenvalue weighted by Gasteiger charge is -2.32. The van der Waals surface area contributed by atoms with E-state index < -0.39 is 6.10 Å². The van der Waals surface area contributed by atoms with E-state index in [9.17, 15) is 5.11 Å². The first kappa shape index (κ1) is 12.7. The molecule has 0 aromatic heterocycles. The van der Waals surface area contributed by atoms with Crippen molar-refractivity contribution >= 4 is 0 Å². The van der Waals surface area contributed by atoms with Crippen LogP contribution in [0.15, 0.2) is 11.6 Å². The molecule has 1 atom stereocenters. The minimum absolute atomic E-state index is 0.0469. The highest BCUT2D eigenvalue weighted by Gasteiger charge is 2.29. The third-order valence-corrected chi connectivity index (χ3v) is 2.79. The van der Waals surface area contributed by atoms with E-state index in [1.54, 1.807) is 0 Å². The van der Waals surface area contributed by atoms with E-state index in [4.69, 9.17) is 5.11 Å². The Balaban J connectivity index is 4.52. The van der Waals surface area contributed by atoms with Gasteiger partial charge in [0.2, 0.25) is 0 Å². The van der Waals surface area contributed by atoms with E-state index >= 15 is 0 Å². The van der Waals surface area contributed by atoms with Gasteiger partial charge in [-0.3, -0.25) is 0 Å². The molecule has 13 heavy (non-hydrogen) atoms. The summed E-state index contributed by atoms with van der Waals surface area (Å²) in [6.07, 6.45) is 3.00. The van der Waals surface area contributed by atoms with Crippen molar-refractivity contribution < 1.29 is 10.2 Å². The molecule has 0 aliphatic heterocycles. The summed E-state index contributed by atoms with van der Waals surface area (Å²) in [5, 5.41) is 18.6. The zero-order valence-corrected chi connectivity index (χ0v) is 9.17. The van der Waals surface area contributed by atoms with Crippen molar-refractivity contribution in [1.29, 1.82) is 0 Å². The number of rotatable bonds is 5. The topological polar surface area (TPSA) is 40.5 Å². The maximum Gasteiger partial charge on any atom is 0.0650 e. The summed E-state index contributed by atoms with van der Waals surface area (Å²) in [6.45, 7) is 8.17. The minimum atomic E-state index is -0.455. The van der Waals surface area contributed by atoms with Gasteiger partial charge in [0, 0.05) is 12.0 Å². The van der Waals surface area contributed by atoms with Gasteiger partial charge in [-0.15, -0.1) is 0 Å². The number of aliphatic hydroxyl groups excluding tert-OH is 2. The number of hydrogen-bond acceptors (Lipinski definition) is 2. The molecule has 0 aromatic rings. The van der Waals surface area contributed by atoms with Crippen LogP contribution in [0.1, 0.15) is 40.5 Å². The summed E-state index contributed by atoms with van der Waals surface area (Å²) in [7, 11) is 0. The minimum Gasteiger partial charge on any atom is -0.396 e. The average molecular weight is 186 g/mol. The van der Waals surface area contributed by atoms with Gasteiger partial charge in [0.05, 0.1) is 6.10 Å². The fourth-order valence-corrected chi connectivity index (χ4v) is 1.73. The van der Waals surface area contributed by atoms with E-state index in [1.807, 2.05) is 20.8 Å². The third kappa shape index (κ3) is 3.12. The van der Waals surface area contributed by atoms with Gasteiger partial charge < -0.3 is 10.2 Å². The second kappa shape index (κ2) is 5.40. The van der Waals surface area contributed by atoms with Crippen molar-refractivity contribution in [3.8, 4) is 0 Å². The van der Waals surface area contributed by atoms with Crippen LogP contribution in [-0.2, 0) is 0 Å². The first-order valence-electron chi connectivity index (χ1n) is 4.95. The van der Waals surface area contributed by atoms with Gasteiger partial charge in [0.15, 0.2) is 0 Å². The first-order chi connectivity index (χ1) is 6.00. The van der Waals surface area contributed by atoms with Crippen LogP contribution in [0.4, 0.5) is 0 Å². The third-order valence-electron chi connectivity index (χ3n) is 2.79. The van der Waals surface area contributed by atoms with Crippen molar-refractivity contribution in [3.63, 3.8) is 0 Å². The van der Waals surface area contributed by atoms with Gasteiger partial charge in [0.1, 0.15) is 0 Å².